The van der Waals surface area contributed by atoms with Gasteiger partial charge < -0.3 is 94.9 Å². The van der Waals surface area contributed by atoms with Gasteiger partial charge in [-0.2, -0.15) is 10.1 Å². The third-order valence-corrected chi connectivity index (χ3v) is 24.6. The highest BCUT2D eigenvalue weighted by Crippen LogP contribution is 2.40. The van der Waals surface area contributed by atoms with Crippen molar-refractivity contribution < 1.29 is 82.1 Å². The number of fused-ring (bicyclic) bond motifs is 5. The summed E-state index contributed by atoms with van der Waals surface area (Å²) in [7, 11) is 4.65. The summed E-state index contributed by atoms with van der Waals surface area (Å²) < 4.78 is 44.9. The average Bonchev–Trinajstić information content (AvgIpc) is 1.58. The van der Waals surface area contributed by atoms with E-state index in [2.05, 4.69) is 68.8 Å². The van der Waals surface area contributed by atoms with E-state index in [4.69, 9.17) is 59.4 Å². The molecule has 4 aliphatic heterocycles. The molecule has 37 nitrogen and oxygen atoms in total. The van der Waals surface area contributed by atoms with Gasteiger partial charge in [-0.05, 0) is 138 Å². The minimum atomic E-state index is -2.46. The average molecular weight is 1730 g/mol. The Morgan fingerprint density at radius 1 is 0.784 bits per heavy atom. The van der Waals surface area contributed by atoms with Crippen molar-refractivity contribution in [3.8, 4) is 16.9 Å². The number of aliphatic hydroxyl groups is 4. The van der Waals surface area contributed by atoms with Crippen LogP contribution in [0.3, 0.4) is 0 Å². The molecule has 12 rings (SSSR count). The maximum atomic E-state index is 14.8. The largest absolute Gasteiger partial charge is 0.460 e. The molecule has 125 heavy (non-hydrogen) atoms. The first-order valence-corrected chi connectivity index (χ1v) is 43.5. The molecular weight excluding hydrogens is 1610 g/mol. The molecule has 10 N–H and O–H groups in total. The Balaban J connectivity index is 0.627. The summed E-state index contributed by atoms with van der Waals surface area (Å²) in [5.41, 5.74) is 18.2. The molecule has 676 valence electrons. The molecule has 3 saturated heterocycles. The van der Waals surface area contributed by atoms with Crippen LogP contribution in [-0.2, 0) is 65.6 Å². The zero-order chi connectivity index (χ0) is 89.0. The van der Waals surface area contributed by atoms with Crippen LogP contribution in [0.25, 0.3) is 39.1 Å². The Bertz CT molecular complexity index is 4930. The van der Waals surface area contributed by atoms with Crippen LogP contribution in [0.5, 0.6) is 0 Å². The Hall–Kier alpha value is -10.6. The molecule has 6 aromatic heterocycles. The summed E-state index contributed by atoms with van der Waals surface area (Å²) in [6, 6.07) is 4.37. The first-order chi connectivity index (χ1) is 60.2. The zero-order valence-corrected chi connectivity index (χ0v) is 73.1. The second-order valence-corrected chi connectivity index (χ2v) is 33.8. The summed E-state index contributed by atoms with van der Waals surface area (Å²) in [4.78, 5) is 112. The lowest BCUT2D eigenvalue weighted by molar-refractivity contribution is -0.265. The van der Waals surface area contributed by atoms with Crippen LogP contribution in [0.2, 0.25) is 0 Å². The molecule has 0 unspecified atom stereocenters. The lowest BCUT2D eigenvalue weighted by Gasteiger charge is -2.43. The number of esters is 1. The Labute approximate surface area is 727 Å². The van der Waals surface area contributed by atoms with Crippen LogP contribution in [0.15, 0.2) is 113 Å². The molecule has 2 bridgehead atoms. The van der Waals surface area contributed by atoms with Gasteiger partial charge in [-0.1, -0.05) is 81.4 Å². The molecule has 1 saturated carbocycles. The minimum Gasteiger partial charge on any atom is -0.460 e. The number of aromatic nitrogens is 12. The van der Waals surface area contributed by atoms with Gasteiger partial charge in [0.15, 0.2) is 17.8 Å². The molecule has 3 amide bonds. The topological polar surface area (TPSA) is 481 Å². The number of ketones is 1. The third-order valence-electron chi connectivity index (χ3n) is 24.6. The van der Waals surface area contributed by atoms with E-state index in [1.165, 1.54) is 35.4 Å². The number of nitrogens with zero attached hydrogens (tertiary/aromatic N) is 16. The Kier molecular flexibility index (Phi) is 32.9. The van der Waals surface area contributed by atoms with E-state index in [-0.39, 0.29) is 112 Å². The van der Waals surface area contributed by atoms with Gasteiger partial charge in [0.05, 0.1) is 79.0 Å². The second kappa shape index (κ2) is 44.0. The van der Waals surface area contributed by atoms with Crippen LogP contribution in [0, 0.1) is 35.5 Å². The number of nitrogens with one attached hydrogen (secondary N) is 2. The molecule has 4 fully saturated rings. The normalized spacial score (nSPS) is 28.3. The van der Waals surface area contributed by atoms with E-state index in [1.54, 1.807) is 63.5 Å². The number of Topliss-reactive ketones (excluding diaryl/α,β-unsaturated/α-hetero) is 1. The van der Waals surface area contributed by atoms with E-state index < -0.39 is 84.1 Å². The number of piperidine rings is 1. The van der Waals surface area contributed by atoms with Crippen molar-refractivity contribution in [3.05, 3.63) is 114 Å². The second-order valence-electron chi connectivity index (χ2n) is 33.8. The molecule has 16 atom stereocenters. The van der Waals surface area contributed by atoms with E-state index >= 15 is 0 Å². The number of anilines is 4. The van der Waals surface area contributed by atoms with Crippen LogP contribution < -0.4 is 31.9 Å². The molecule has 0 spiro atoms. The number of nitrogen functional groups attached to an aromatic ring is 2. The van der Waals surface area contributed by atoms with E-state index in [9.17, 15) is 44.4 Å². The summed E-state index contributed by atoms with van der Waals surface area (Å²) in [5.74, 6) is -6.54. The summed E-state index contributed by atoms with van der Waals surface area (Å²) in [6.07, 6.45) is 21.4. The van der Waals surface area contributed by atoms with Gasteiger partial charge in [0.2, 0.25) is 23.6 Å². The van der Waals surface area contributed by atoms with E-state index in [0.717, 1.165) is 11.1 Å². The lowest BCUT2D eigenvalue weighted by atomic mass is 9.78. The molecule has 37 heteroatoms. The highest BCUT2D eigenvalue weighted by molar-refractivity contribution is 6.39. The van der Waals surface area contributed by atoms with Crippen molar-refractivity contribution in [2.24, 2.45) is 40.7 Å². The number of unbranched alkanes of at least 4 members (excludes halogenated alkanes) is 1. The number of nitrogens with two attached hydrogens (primary N) is 2. The van der Waals surface area contributed by atoms with Gasteiger partial charge in [0, 0.05) is 129 Å². The van der Waals surface area contributed by atoms with Gasteiger partial charge in [-0.15, -0.1) is 5.10 Å². The number of aryl methyl sites for hydroxylation is 1. The highest BCUT2D eigenvalue weighted by atomic mass is 16.6. The smallest absolute Gasteiger partial charge is 0.329 e. The van der Waals surface area contributed by atoms with Gasteiger partial charge in [0.25, 0.3) is 23.6 Å². The number of benzene rings is 1. The number of cyclic esters (lactones) is 1. The van der Waals surface area contributed by atoms with Crippen molar-refractivity contribution in [1.29, 1.82) is 0 Å². The molecule has 1 aliphatic carbocycles. The number of ether oxygens (including phenoxy) is 6. The van der Waals surface area contributed by atoms with Crippen molar-refractivity contribution in [3.63, 3.8) is 0 Å². The maximum absolute atomic E-state index is 14.8. The number of oxime groups is 1. The molecule has 0 radical (unpaired) electrons. The molecule has 7 aromatic rings. The summed E-state index contributed by atoms with van der Waals surface area (Å²) >= 11 is 0. The number of rotatable bonds is 25. The maximum Gasteiger partial charge on any atom is 0.329 e. The van der Waals surface area contributed by atoms with Crippen LogP contribution in [0.1, 0.15) is 161 Å². The van der Waals surface area contributed by atoms with Crippen molar-refractivity contribution in [2.75, 3.05) is 102 Å². The fraction of sp³-hybridized carbons (Fsp3) is 0.591. The van der Waals surface area contributed by atoms with Crippen molar-refractivity contribution >= 4 is 81.0 Å². The zero-order valence-electron chi connectivity index (χ0n) is 73.1. The molecule has 1 aromatic carbocycles. The third kappa shape index (κ3) is 23.9. The summed E-state index contributed by atoms with van der Waals surface area (Å²) in [5, 5.41) is 72.2. The quantitative estimate of drug-likeness (QED) is 0.00913. The van der Waals surface area contributed by atoms with Gasteiger partial charge in [-0.25, -0.2) is 44.1 Å². The molecule has 5 aliphatic rings. The molecule has 10 heterocycles. The number of aliphatic hydroxyl groups excluding tert-OH is 3. The SMILES string of the molecule is CO[C@H]1C[C@@H]2CC[C@@H](C)[C@@](O)(O2)C(=O)C(=O)N2CCCC[C@H]2C(=O)O[C@H]([C@H](C)C[C@@H]2CC[C@@H](O)[C@H](OC)C2)C[C@@H](O)[C@H](C)/C=C(\C)[C@@H](O)[C@@H](OC)/C(=N/OCc2cn(-c3cnc(N4CCN(c5ncc(C(=O)NCCOCCC(=O)NCCCCn6nc(-c7ccc8oc(N)nc8c7)c7c(N)ncnc76)cn5)CC4)nc3)nn2)[C@H](C)C[C@H](C)/C=C/C=C/C=C/1C. The standard InChI is InChI=1S/C88H122N20O17/c1-52-18-12-11-13-19-53(2)70(118-8)43-64-24-21-58(7)88(117,125-64)79(113)83(115)106-30-16-14-20-66(106)84(116)123-71(55(4)40-59-22-25-67(109)72(41-59)119-9)44-68(110)54(3)39-57(6)77(112)78(120-10)75(56(5)38-52)102-122-50-62-49-108(103-100-62)63-47-95-87(96-48-63)105-34-32-104(33-35-105)86-93-45-61(46-94-86)82(114)92-29-37-121-36-27-73(111)91-28-15-17-31-107-81-74(80(89)97-51-98-81)76(101-107)60-23-26-69-65(42-60)99-85(90)124-69/h11-13,18-19,23,26,39,42,45-49,51-52,54-56,58-59,64,66-68,70-72,77-78,109-110,112,117H,14-17,20-22,24-25,27-38,40-41,43-44,50H2,1-10H3,(H2,90,99)(H,91,111)(H,92,114)(H2,89,97,98)/b13-11+,18-12+,53-19+,57-39+,102-75+/t52-,54-,55-,56-,58-,59+,64+,66+,67-,68-,70+,71+,72-,77-,78+,88-/m1/s1. The van der Waals surface area contributed by atoms with Gasteiger partial charge in [-0.3, -0.25) is 19.2 Å². The number of amides is 3. The summed E-state index contributed by atoms with van der Waals surface area (Å²) in [6.45, 7) is 17.0. The number of piperazine rings is 1. The monoisotopic (exact) mass is 1730 g/mol. The number of methoxy groups -OCH3 is 3. The lowest BCUT2D eigenvalue weighted by Crippen LogP contribution is -2.61. The first-order valence-electron chi connectivity index (χ1n) is 43.5. The van der Waals surface area contributed by atoms with Gasteiger partial charge >= 0.3 is 5.97 Å². The van der Waals surface area contributed by atoms with Crippen LogP contribution >= 0.6 is 0 Å². The fourth-order valence-electron chi connectivity index (χ4n) is 17.2. The van der Waals surface area contributed by atoms with Crippen LogP contribution in [-0.4, -0.2) is 261 Å². The predicted octanol–water partition coefficient (Wildman–Crippen LogP) is 7.31. The van der Waals surface area contributed by atoms with E-state index in [1.807, 2.05) is 73.9 Å². The predicted molar refractivity (Wildman–Crippen MR) is 464 cm³/mol. The van der Waals surface area contributed by atoms with Crippen molar-refractivity contribution in [2.45, 2.75) is 219 Å². The minimum absolute atomic E-state index is 0.0208. The number of allylic oxidation sites excluding steroid dienone is 5. The Morgan fingerprint density at radius 3 is 2.27 bits per heavy atom. The number of hydrogen-bond acceptors (Lipinski definition) is 32. The van der Waals surface area contributed by atoms with Crippen molar-refractivity contribution in [1.82, 2.24) is 75.2 Å². The fourth-order valence-corrected chi connectivity index (χ4v) is 17.2. The van der Waals surface area contributed by atoms with E-state index in [0.29, 0.717) is 178 Å². The first kappa shape index (κ1) is 93.5. The number of hydrogen-bond donors (Lipinski definition) is 8. The highest BCUT2D eigenvalue weighted by Gasteiger charge is 2.53. The number of oxazole rings is 1. The number of carbonyl (C=O) groups is 5. The number of carbonyl (C=O) groups excluding carboxylic acids is 5. The van der Waals surface area contributed by atoms with Crippen LogP contribution in [0.4, 0.5) is 23.7 Å². The Morgan fingerprint density at radius 2 is 1.54 bits per heavy atom. The van der Waals surface area contributed by atoms with Gasteiger partial charge in [0.1, 0.15) is 59.1 Å². The molecular formula is C88H122N20O17.